The number of para-hydroxylation sites is 1. The van der Waals surface area contributed by atoms with Crippen molar-refractivity contribution in [2.75, 3.05) is 5.75 Å². The van der Waals surface area contributed by atoms with Gasteiger partial charge in [0.15, 0.2) is 0 Å². The quantitative estimate of drug-likeness (QED) is 0.702. The lowest BCUT2D eigenvalue weighted by Crippen LogP contribution is -2.24. The average Bonchev–Trinajstić information content (AvgIpc) is 2.97. The van der Waals surface area contributed by atoms with Crippen LogP contribution < -0.4 is 5.32 Å². The van der Waals surface area contributed by atoms with Gasteiger partial charge in [-0.15, -0.1) is 23.1 Å². The summed E-state index contributed by atoms with van der Waals surface area (Å²) in [4.78, 5) is 16.5. The van der Waals surface area contributed by atoms with E-state index in [0.29, 0.717) is 17.3 Å². The van der Waals surface area contributed by atoms with Crippen molar-refractivity contribution in [1.29, 1.82) is 0 Å². The van der Waals surface area contributed by atoms with E-state index in [1.54, 1.807) is 23.1 Å². The van der Waals surface area contributed by atoms with Gasteiger partial charge in [0.1, 0.15) is 5.01 Å². The van der Waals surface area contributed by atoms with Crippen LogP contribution in [0.25, 0.3) is 10.2 Å². The lowest BCUT2D eigenvalue weighted by Gasteiger charge is -2.06. The summed E-state index contributed by atoms with van der Waals surface area (Å²) in [5.74, 6) is 1.18. The number of thiazole rings is 1. The predicted octanol–water partition coefficient (Wildman–Crippen LogP) is 4.50. The number of hydrogen-bond donors (Lipinski definition) is 1. The molecule has 1 heterocycles. The molecule has 0 aliphatic rings. The molecule has 0 radical (unpaired) electrons. The molecular weight excluding hydrogens is 348 g/mol. The minimum Gasteiger partial charge on any atom is -0.351 e. The van der Waals surface area contributed by atoms with Crippen LogP contribution in [-0.2, 0) is 17.1 Å². The number of rotatable bonds is 6. The number of amides is 1. The molecule has 1 N–H and O–H groups in total. The van der Waals surface area contributed by atoms with E-state index < -0.39 is 0 Å². The molecule has 0 bridgehead atoms. The third-order valence-electron chi connectivity index (χ3n) is 3.23. The molecule has 0 saturated carbocycles. The molecule has 0 aliphatic heterocycles. The summed E-state index contributed by atoms with van der Waals surface area (Å²) < 4.78 is 1.19. The molecule has 0 unspecified atom stereocenters. The maximum Gasteiger partial charge on any atom is 0.230 e. The fraction of sp³-hybridized carbons (Fsp3) is 0.176. The number of fused-ring (bicyclic) bond motifs is 1. The molecule has 118 valence electrons. The average molecular weight is 363 g/mol. The van der Waals surface area contributed by atoms with Crippen molar-refractivity contribution in [3.05, 3.63) is 64.1 Å². The lowest BCUT2D eigenvalue weighted by molar-refractivity contribution is -0.118. The molecule has 0 saturated heterocycles. The van der Waals surface area contributed by atoms with E-state index in [2.05, 4.69) is 16.4 Å². The van der Waals surface area contributed by atoms with Crippen molar-refractivity contribution in [3.8, 4) is 0 Å². The fourth-order valence-corrected chi connectivity index (χ4v) is 4.18. The Balaban J connectivity index is 1.45. The van der Waals surface area contributed by atoms with Crippen LogP contribution >= 0.6 is 34.7 Å². The van der Waals surface area contributed by atoms with E-state index in [-0.39, 0.29) is 5.91 Å². The van der Waals surface area contributed by atoms with E-state index in [0.717, 1.165) is 21.8 Å². The molecule has 1 amide bonds. The summed E-state index contributed by atoms with van der Waals surface area (Å²) in [6.07, 6.45) is 0. The van der Waals surface area contributed by atoms with Gasteiger partial charge in [0.25, 0.3) is 0 Å². The topological polar surface area (TPSA) is 42.0 Å². The number of nitrogens with zero attached hydrogens (tertiary/aromatic N) is 1. The van der Waals surface area contributed by atoms with Crippen LogP contribution in [0.5, 0.6) is 0 Å². The largest absolute Gasteiger partial charge is 0.351 e. The molecular formula is C17H15ClN2OS2. The minimum absolute atomic E-state index is 0.0102. The number of carbonyl (C=O) groups is 1. The second-order valence-electron chi connectivity index (χ2n) is 4.94. The molecule has 0 spiro atoms. The Hall–Kier alpha value is -1.56. The highest BCUT2D eigenvalue weighted by Gasteiger charge is 2.06. The van der Waals surface area contributed by atoms with Gasteiger partial charge in [-0.05, 0) is 23.8 Å². The highest BCUT2D eigenvalue weighted by molar-refractivity contribution is 7.99. The first-order valence-electron chi connectivity index (χ1n) is 7.14. The second kappa shape index (κ2) is 7.81. The van der Waals surface area contributed by atoms with E-state index in [4.69, 9.17) is 11.6 Å². The zero-order chi connectivity index (χ0) is 16.1. The first-order valence-corrected chi connectivity index (χ1v) is 9.49. The van der Waals surface area contributed by atoms with E-state index in [9.17, 15) is 4.79 Å². The molecule has 0 aliphatic carbocycles. The van der Waals surface area contributed by atoms with Crippen molar-refractivity contribution in [2.45, 2.75) is 12.3 Å². The third-order valence-corrected chi connectivity index (χ3v) is 5.76. The molecule has 23 heavy (non-hydrogen) atoms. The number of aromatic nitrogens is 1. The third kappa shape index (κ3) is 4.47. The fourth-order valence-electron chi connectivity index (χ4n) is 2.10. The summed E-state index contributed by atoms with van der Waals surface area (Å²) in [7, 11) is 0. The van der Waals surface area contributed by atoms with Crippen LogP contribution in [0, 0.1) is 0 Å². The number of hydrogen-bond acceptors (Lipinski definition) is 4. The van der Waals surface area contributed by atoms with Crippen molar-refractivity contribution in [2.24, 2.45) is 0 Å². The number of nitrogens with one attached hydrogen (secondary N) is 1. The van der Waals surface area contributed by atoms with Gasteiger partial charge in [-0.2, -0.15) is 0 Å². The van der Waals surface area contributed by atoms with Gasteiger partial charge < -0.3 is 5.32 Å². The summed E-state index contributed by atoms with van der Waals surface area (Å²) >= 11 is 9.32. The Morgan fingerprint density at radius 1 is 1.17 bits per heavy atom. The smallest absolute Gasteiger partial charge is 0.230 e. The van der Waals surface area contributed by atoms with Crippen LogP contribution in [0.2, 0.25) is 5.02 Å². The Morgan fingerprint density at radius 2 is 1.96 bits per heavy atom. The van der Waals surface area contributed by atoms with Gasteiger partial charge in [0, 0.05) is 17.3 Å². The highest BCUT2D eigenvalue weighted by atomic mass is 35.5. The van der Waals surface area contributed by atoms with Gasteiger partial charge >= 0.3 is 0 Å². The van der Waals surface area contributed by atoms with Crippen LogP contribution in [0.15, 0.2) is 48.5 Å². The Morgan fingerprint density at radius 3 is 2.78 bits per heavy atom. The van der Waals surface area contributed by atoms with Gasteiger partial charge in [0.05, 0.1) is 16.0 Å². The monoisotopic (exact) mass is 362 g/mol. The molecule has 6 heteroatoms. The van der Waals surface area contributed by atoms with Gasteiger partial charge in [-0.25, -0.2) is 4.98 Å². The molecule has 1 aromatic heterocycles. The van der Waals surface area contributed by atoms with Crippen LogP contribution in [0.3, 0.4) is 0 Å². The van der Waals surface area contributed by atoms with Crippen LogP contribution in [-0.4, -0.2) is 16.6 Å². The summed E-state index contributed by atoms with van der Waals surface area (Å²) in [6.45, 7) is 0.459. The van der Waals surface area contributed by atoms with Crippen molar-refractivity contribution >= 4 is 50.8 Å². The lowest BCUT2D eigenvalue weighted by atomic mass is 10.2. The number of thioether (sulfide) groups is 1. The van der Waals surface area contributed by atoms with Gasteiger partial charge in [-0.1, -0.05) is 41.9 Å². The van der Waals surface area contributed by atoms with E-state index in [1.807, 2.05) is 42.5 Å². The normalized spacial score (nSPS) is 10.8. The number of carbonyl (C=O) groups excluding carboxylic acids is 1. The summed E-state index contributed by atoms with van der Waals surface area (Å²) in [5.41, 5.74) is 1.95. The molecule has 2 aromatic carbocycles. The van der Waals surface area contributed by atoms with Gasteiger partial charge in [-0.3, -0.25) is 4.79 Å². The minimum atomic E-state index is 0.0102. The summed E-state index contributed by atoms with van der Waals surface area (Å²) in [6, 6.07) is 15.6. The van der Waals surface area contributed by atoms with Crippen LogP contribution in [0.1, 0.15) is 10.6 Å². The maximum absolute atomic E-state index is 11.9. The van der Waals surface area contributed by atoms with Crippen molar-refractivity contribution < 1.29 is 4.79 Å². The van der Waals surface area contributed by atoms with Crippen LogP contribution in [0.4, 0.5) is 0 Å². The highest BCUT2D eigenvalue weighted by Crippen LogP contribution is 2.24. The number of benzene rings is 2. The number of halogens is 1. The Kier molecular flexibility index (Phi) is 5.54. The molecule has 3 aromatic rings. The van der Waals surface area contributed by atoms with Gasteiger partial charge in [0.2, 0.25) is 5.91 Å². The van der Waals surface area contributed by atoms with E-state index >= 15 is 0 Å². The Bertz CT molecular complexity index is 786. The standard InChI is InChI=1S/C17H15ClN2OS2/c18-13-6-2-1-5-12(13)9-19-16(21)10-22-11-17-20-14-7-3-4-8-15(14)23-17/h1-8H,9-11H2,(H,19,21). The Labute approximate surface area is 148 Å². The van der Waals surface area contributed by atoms with E-state index in [1.165, 1.54) is 4.70 Å². The first kappa shape index (κ1) is 16.3. The zero-order valence-electron chi connectivity index (χ0n) is 12.3. The summed E-state index contributed by atoms with van der Waals surface area (Å²) in [5, 5.41) is 4.62. The zero-order valence-corrected chi connectivity index (χ0v) is 14.7. The SMILES string of the molecule is O=C(CSCc1nc2ccccc2s1)NCc1ccccc1Cl. The molecule has 3 nitrogen and oxygen atoms in total. The predicted molar refractivity (Wildman–Crippen MR) is 99.1 cm³/mol. The first-order chi connectivity index (χ1) is 11.2. The van der Waals surface area contributed by atoms with Crippen molar-refractivity contribution in [3.63, 3.8) is 0 Å². The molecule has 3 rings (SSSR count). The second-order valence-corrected chi connectivity index (χ2v) is 7.44. The maximum atomic E-state index is 11.9. The molecule has 0 atom stereocenters. The molecule has 0 fully saturated rings. The van der Waals surface area contributed by atoms with Crippen molar-refractivity contribution in [1.82, 2.24) is 10.3 Å².